The molecule has 1 saturated heterocycles. The molecule has 0 saturated carbocycles. The van der Waals surface area contributed by atoms with Crippen molar-refractivity contribution in [2.24, 2.45) is 4.99 Å². The van der Waals surface area contributed by atoms with Gasteiger partial charge < -0.3 is 25.2 Å². The highest BCUT2D eigenvalue weighted by Crippen LogP contribution is 2.35. The Kier molecular flexibility index (Phi) is 12.8. The van der Waals surface area contributed by atoms with E-state index in [2.05, 4.69) is 43.5 Å². The van der Waals surface area contributed by atoms with Crippen LogP contribution in [0.4, 0.5) is 0 Å². The standard InChI is InChI=1S/C24H41N3O3.HI/c1-5-12-24(28,13-6-2)19-27-22(25-7-3)26-18-23(14-16-30-17-15-23)20-8-10-21(29-4)11-9-20;/h8-11,28H,5-7,12-19H2,1-4H3,(H2,25,26,27);1H. The van der Waals surface area contributed by atoms with Crippen LogP contribution in [0.25, 0.3) is 0 Å². The number of ether oxygens (including phenoxy) is 2. The molecule has 6 nitrogen and oxygen atoms in total. The number of hydrogen-bond acceptors (Lipinski definition) is 4. The zero-order valence-electron chi connectivity index (χ0n) is 19.7. The van der Waals surface area contributed by atoms with E-state index < -0.39 is 5.60 Å². The summed E-state index contributed by atoms with van der Waals surface area (Å²) in [6, 6.07) is 8.39. The van der Waals surface area contributed by atoms with Gasteiger partial charge in [-0.2, -0.15) is 0 Å². The fourth-order valence-electron chi connectivity index (χ4n) is 4.31. The normalized spacial score (nSPS) is 16.4. The molecule has 0 aromatic heterocycles. The van der Waals surface area contributed by atoms with Crippen LogP contribution in [-0.2, 0) is 10.2 Å². The number of methoxy groups -OCH3 is 1. The minimum Gasteiger partial charge on any atom is -0.497 e. The fourth-order valence-corrected chi connectivity index (χ4v) is 4.31. The van der Waals surface area contributed by atoms with Crippen molar-refractivity contribution in [1.29, 1.82) is 0 Å². The number of nitrogens with one attached hydrogen (secondary N) is 2. The Morgan fingerprint density at radius 2 is 1.71 bits per heavy atom. The first kappa shape index (κ1) is 28.0. The third-order valence-electron chi connectivity index (χ3n) is 6.05. The van der Waals surface area contributed by atoms with Crippen molar-refractivity contribution in [1.82, 2.24) is 10.6 Å². The molecule has 1 aliphatic rings. The molecule has 3 N–H and O–H groups in total. The van der Waals surface area contributed by atoms with Crippen LogP contribution < -0.4 is 15.4 Å². The van der Waals surface area contributed by atoms with E-state index in [1.807, 2.05) is 12.1 Å². The third kappa shape index (κ3) is 8.42. The Balaban J connectivity index is 0.00000480. The summed E-state index contributed by atoms with van der Waals surface area (Å²) in [5.41, 5.74) is 0.561. The van der Waals surface area contributed by atoms with E-state index in [0.29, 0.717) is 6.54 Å². The molecule has 7 heteroatoms. The van der Waals surface area contributed by atoms with Crippen molar-refractivity contribution in [2.45, 2.75) is 70.3 Å². The van der Waals surface area contributed by atoms with Gasteiger partial charge in [-0.15, -0.1) is 24.0 Å². The van der Waals surface area contributed by atoms with Gasteiger partial charge in [0.05, 0.1) is 19.3 Å². The average Bonchev–Trinajstić information content (AvgIpc) is 2.77. The molecular formula is C24H42IN3O3. The zero-order valence-corrected chi connectivity index (χ0v) is 22.0. The second kappa shape index (κ2) is 14.2. The maximum atomic E-state index is 10.9. The lowest BCUT2D eigenvalue weighted by Crippen LogP contribution is -2.48. The van der Waals surface area contributed by atoms with Gasteiger partial charge in [0.25, 0.3) is 0 Å². The monoisotopic (exact) mass is 547 g/mol. The van der Waals surface area contributed by atoms with Crippen molar-refractivity contribution in [3.8, 4) is 5.75 Å². The first-order chi connectivity index (χ1) is 14.5. The lowest BCUT2D eigenvalue weighted by atomic mass is 9.74. The first-order valence-electron chi connectivity index (χ1n) is 11.5. The third-order valence-corrected chi connectivity index (χ3v) is 6.05. The summed E-state index contributed by atoms with van der Waals surface area (Å²) in [5.74, 6) is 1.64. The summed E-state index contributed by atoms with van der Waals surface area (Å²) >= 11 is 0. The SMILES string of the molecule is CCCC(O)(CCC)CN=C(NCC)NCC1(c2ccc(OC)cc2)CCOCC1.I. The van der Waals surface area contributed by atoms with Crippen molar-refractivity contribution in [2.75, 3.05) is 40.0 Å². The number of benzene rings is 1. The van der Waals surface area contributed by atoms with Crippen LogP contribution in [-0.4, -0.2) is 56.6 Å². The average molecular weight is 548 g/mol. The number of aliphatic hydroxyl groups is 1. The molecule has 0 radical (unpaired) electrons. The largest absolute Gasteiger partial charge is 0.497 e. The van der Waals surface area contributed by atoms with Gasteiger partial charge in [0.2, 0.25) is 0 Å². The molecule has 0 bridgehead atoms. The van der Waals surface area contributed by atoms with Gasteiger partial charge in [0, 0.05) is 31.7 Å². The molecule has 0 amide bonds. The number of aliphatic imine (C=N–C) groups is 1. The van der Waals surface area contributed by atoms with E-state index in [0.717, 1.165) is 76.5 Å². The highest BCUT2D eigenvalue weighted by Gasteiger charge is 2.35. The molecule has 178 valence electrons. The van der Waals surface area contributed by atoms with Crippen LogP contribution in [0.1, 0.15) is 64.9 Å². The number of rotatable bonds is 11. The van der Waals surface area contributed by atoms with Gasteiger partial charge in [-0.1, -0.05) is 38.8 Å². The van der Waals surface area contributed by atoms with Crippen LogP contribution in [0.5, 0.6) is 5.75 Å². The Hall–Kier alpha value is -1.06. The highest BCUT2D eigenvalue weighted by atomic mass is 127. The number of hydrogen-bond donors (Lipinski definition) is 3. The summed E-state index contributed by atoms with van der Waals surface area (Å²) in [4.78, 5) is 4.75. The minimum atomic E-state index is -0.724. The van der Waals surface area contributed by atoms with Crippen LogP contribution >= 0.6 is 24.0 Å². The van der Waals surface area contributed by atoms with Gasteiger partial charge in [-0.25, -0.2) is 0 Å². The van der Waals surface area contributed by atoms with E-state index in [1.54, 1.807) is 7.11 Å². The Bertz CT molecular complexity index is 640. The molecule has 0 aliphatic carbocycles. The van der Waals surface area contributed by atoms with E-state index in [-0.39, 0.29) is 29.4 Å². The Morgan fingerprint density at radius 3 is 2.23 bits per heavy atom. The van der Waals surface area contributed by atoms with Gasteiger partial charge in [0.1, 0.15) is 5.75 Å². The van der Waals surface area contributed by atoms with Crippen LogP contribution in [0.3, 0.4) is 0 Å². The van der Waals surface area contributed by atoms with Crippen molar-refractivity contribution >= 4 is 29.9 Å². The predicted octanol–water partition coefficient (Wildman–Crippen LogP) is 4.25. The topological polar surface area (TPSA) is 75.1 Å². The smallest absolute Gasteiger partial charge is 0.191 e. The van der Waals surface area contributed by atoms with Gasteiger partial charge in [0.15, 0.2) is 5.96 Å². The molecule has 2 rings (SSSR count). The lowest BCUT2D eigenvalue weighted by molar-refractivity contribution is 0.0305. The summed E-state index contributed by atoms with van der Waals surface area (Å²) < 4.78 is 11.0. The minimum absolute atomic E-state index is 0. The zero-order chi connectivity index (χ0) is 21.9. The molecule has 1 aliphatic heterocycles. The van der Waals surface area contributed by atoms with Crippen molar-refractivity contribution < 1.29 is 14.6 Å². The van der Waals surface area contributed by atoms with E-state index in [1.165, 1.54) is 5.56 Å². The first-order valence-corrected chi connectivity index (χ1v) is 11.5. The van der Waals surface area contributed by atoms with Gasteiger partial charge >= 0.3 is 0 Å². The molecule has 0 unspecified atom stereocenters. The molecule has 0 spiro atoms. The van der Waals surface area contributed by atoms with Crippen molar-refractivity contribution in [3.63, 3.8) is 0 Å². The maximum absolute atomic E-state index is 10.9. The summed E-state index contributed by atoms with van der Waals surface area (Å²) in [5, 5.41) is 17.8. The maximum Gasteiger partial charge on any atom is 0.191 e. The molecule has 1 fully saturated rings. The number of halogens is 1. The summed E-state index contributed by atoms with van der Waals surface area (Å²) in [6.45, 7) is 9.77. The second-order valence-electron chi connectivity index (χ2n) is 8.39. The highest BCUT2D eigenvalue weighted by molar-refractivity contribution is 14.0. The van der Waals surface area contributed by atoms with E-state index in [4.69, 9.17) is 14.5 Å². The molecule has 0 atom stereocenters. The quantitative estimate of drug-likeness (QED) is 0.220. The molecule has 1 heterocycles. The summed E-state index contributed by atoms with van der Waals surface area (Å²) in [6.07, 6.45) is 5.38. The van der Waals surface area contributed by atoms with Crippen molar-refractivity contribution in [3.05, 3.63) is 29.8 Å². The van der Waals surface area contributed by atoms with Crippen LogP contribution in [0.2, 0.25) is 0 Å². The number of guanidine groups is 1. The second-order valence-corrected chi connectivity index (χ2v) is 8.39. The predicted molar refractivity (Wildman–Crippen MR) is 139 cm³/mol. The Labute approximate surface area is 205 Å². The lowest BCUT2D eigenvalue weighted by Gasteiger charge is -2.38. The summed E-state index contributed by atoms with van der Waals surface area (Å²) in [7, 11) is 1.69. The number of nitrogens with zero attached hydrogens (tertiary/aromatic N) is 1. The van der Waals surface area contributed by atoms with E-state index >= 15 is 0 Å². The molecule has 1 aromatic rings. The Morgan fingerprint density at radius 1 is 1.10 bits per heavy atom. The van der Waals surface area contributed by atoms with Gasteiger partial charge in [-0.3, -0.25) is 4.99 Å². The molecule has 1 aromatic carbocycles. The van der Waals surface area contributed by atoms with E-state index in [9.17, 15) is 5.11 Å². The van der Waals surface area contributed by atoms with Crippen LogP contribution in [0.15, 0.2) is 29.3 Å². The van der Waals surface area contributed by atoms with Gasteiger partial charge in [-0.05, 0) is 50.3 Å². The molecular weight excluding hydrogens is 505 g/mol. The fraction of sp³-hybridized carbons (Fsp3) is 0.708. The molecule has 31 heavy (non-hydrogen) atoms. The van der Waals surface area contributed by atoms with Crippen LogP contribution in [0, 0.1) is 0 Å².